The minimum Gasteiger partial charge on any atom is -0.497 e. The summed E-state index contributed by atoms with van der Waals surface area (Å²) < 4.78 is 11.1. The minimum absolute atomic E-state index is 0.0104. The Hall–Kier alpha value is -2.60. The van der Waals surface area contributed by atoms with E-state index < -0.39 is 0 Å². The van der Waals surface area contributed by atoms with Gasteiger partial charge in [-0.25, -0.2) is 4.98 Å². The lowest BCUT2D eigenvalue weighted by Crippen LogP contribution is -2.37. The smallest absolute Gasteiger partial charge is 0.255 e. The van der Waals surface area contributed by atoms with Crippen LogP contribution in [0.3, 0.4) is 0 Å². The number of pyridine rings is 1. The van der Waals surface area contributed by atoms with Crippen molar-refractivity contribution < 1.29 is 14.3 Å². The van der Waals surface area contributed by atoms with Crippen molar-refractivity contribution in [1.29, 1.82) is 0 Å². The average Bonchev–Trinajstić information content (AvgIpc) is 3.47. The fraction of sp³-hybridized carbons (Fsp3) is 0.478. The molecule has 154 valence electrons. The van der Waals surface area contributed by atoms with Crippen LogP contribution in [0.4, 0.5) is 5.82 Å². The minimum atomic E-state index is -0.0104. The Morgan fingerprint density at radius 1 is 1.24 bits per heavy atom. The summed E-state index contributed by atoms with van der Waals surface area (Å²) in [6, 6.07) is 11.7. The third-order valence-electron chi connectivity index (χ3n) is 5.67. The van der Waals surface area contributed by atoms with Gasteiger partial charge in [0.15, 0.2) is 0 Å². The summed E-state index contributed by atoms with van der Waals surface area (Å²) in [5, 5.41) is 0. The molecule has 0 aliphatic carbocycles. The van der Waals surface area contributed by atoms with E-state index in [1.165, 1.54) is 12.8 Å². The predicted octanol–water partition coefficient (Wildman–Crippen LogP) is 3.51. The van der Waals surface area contributed by atoms with E-state index >= 15 is 0 Å². The number of rotatable bonds is 7. The molecule has 4 rings (SSSR count). The second-order valence-corrected chi connectivity index (χ2v) is 7.77. The molecular weight excluding hydrogens is 366 g/mol. The van der Waals surface area contributed by atoms with E-state index in [1.807, 2.05) is 41.3 Å². The molecule has 29 heavy (non-hydrogen) atoms. The molecule has 1 aromatic carbocycles. The normalized spacial score (nSPS) is 18.8. The largest absolute Gasteiger partial charge is 0.497 e. The van der Waals surface area contributed by atoms with Gasteiger partial charge in [0.05, 0.1) is 18.8 Å². The van der Waals surface area contributed by atoms with Crippen LogP contribution >= 0.6 is 0 Å². The SMILES string of the molecule is COc1cccc(CN(CC2CCCO2)C(=O)c2ccc(N3CCCC3)nc2)c1. The maximum atomic E-state index is 13.3. The zero-order chi connectivity index (χ0) is 20.1. The molecule has 1 unspecified atom stereocenters. The van der Waals surface area contributed by atoms with Crippen LogP contribution in [0.5, 0.6) is 5.75 Å². The maximum Gasteiger partial charge on any atom is 0.255 e. The van der Waals surface area contributed by atoms with Gasteiger partial charge in [-0.1, -0.05) is 12.1 Å². The Balaban J connectivity index is 1.51. The molecule has 0 radical (unpaired) electrons. The average molecular weight is 396 g/mol. The third kappa shape index (κ3) is 4.88. The summed E-state index contributed by atoms with van der Waals surface area (Å²) in [5.74, 6) is 1.74. The van der Waals surface area contributed by atoms with Gasteiger partial charge in [-0.05, 0) is 55.5 Å². The van der Waals surface area contributed by atoms with Crippen molar-refractivity contribution >= 4 is 11.7 Å². The zero-order valence-electron chi connectivity index (χ0n) is 17.0. The third-order valence-corrected chi connectivity index (χ3v) is 5.67. The van der Waals surface area contributed by atoms with E-state index in [9.17, 15) is 4.79 Å². The van der Waals surface area contributed by atoms with E-state index in [0.29, 0.717) is 18.7 Å². The van der Waals surface area contributed by atoms with E-state index in [1.54, 1.807) is 13.3 Å². The fourth-order valence-electron chi connectivity index (χ4n) is 4.07. The van der Waals surface area contributed by atoms with Crippen LogP contribution in [0.1, 0.15) is 41.6 Å². The van der Waals surface area contributed by atoms with Gasteiger partial charge in [-0.15, -0.1) is 0 Å². The van der Waals surface area contributed by atoms with E-state index in [4.69, 9.17) is 9.47 Å². The van der Waals surface area contributed by atoms with Crippen molar-refractivity contribution in [3.05, 3.63) is 53.7 Å². The Kier molecular flexibility index (Phi) is 6.30. The van der Waals surface area contributed by atoms with Crippen LogP contribution in [0, 0.1) is 0 Å². The molecule has 0 saturated carbocycles. The highest BCUT2D eigenvalue weighted by Gasteiger charge is 2.24. The van der Waals surface area contributed by atoms with E-state index in [0.717, 1.165) is 49.7 Å². The van der Waals surface area contributed by atoms with Gasteiger partial charge in [-0.2, -0.15) is 0 Å². The second kappa shape index (κ2) is 9.27. The second-order valence-electron chi connectivity index (χ2n) is 7.77. The van der Waals surface area contributed by atoms with Crippen LogP contribution < -0.4 is 9.64 Å². The molecule has 2 aliphatic rings. The van der Waals surface area contributed by atoms with Gasteiger partial charge in [0.2, 0.25) is 0 Å². The standard InChI is InChI=1S/C23H29N3O3/c1-28-20-7-4-6-18(14-20)16-26(17-21-8-5-13-29-21)23(27)19-9-10-22(24-15-19)25-11-2-3-12-25/h4,6-7,9-10,14-15,21H,2-3,5,8,11-13,16-17H2,1H3. The molecule has 6 heteroatoms. The van der Waals surface area contributed by atoms with Gasteiger partial charge in [0.1, 0.15) is 11.6 Å². The van der Waals surface area contributed by atoms with Crippen molar-refractivity contribution in [2.45, 2.75) is 38.3 Å². The number of amides is 1. The number of hydrogen-bond donors (Lipinski definition) is 0. The number of carbonyl (C=O) groups excluding carboxylic acids is 1. The molecule has 0 N–H and O–H groups in total. The fourth-order valence-corrected chi connectivity index (χ4v) is 4.07. The van der Waals surface area contributed by atoms with Gasteiger partial charge >= 0.3 is 0 Å². The first-order valence-corrected chi connectivity index (χ1v) is 10.5. The lowest BCUT2D eigenvalue weighted by molar-refractivity contribution is 0.0507. The Morgan fingerprint density at radius 3 is 2.79 bits per heavy atom. The quantitative estimate of drug-likeness (QED) is 0.718. The first-order chi connectivity index (χ1) is 14.2. The highest BCUT2D eigenvalue weighted by molar-refractivity contribution is 5.94. The molecule has 2 saturated heterocycles. The van der Waals surface area contributed by atoms with Crippen molar-refractivity contribution in [1.82, 2.24) is 9.88 Å². The Labute approximate surface area is 172 Å². The summed E-state index contributed by atoms with van der Waals surface area (Å²) in [6.07, 6.45) is 6.27. The van der Waals surface area contributed by atoms with E-state index in [-0.39, 0.29) is 12.0 Å². The number of hydrogen-bond acceptors (Lipinski definition) is 5. The molecule has 2 aromatic rings. The van der Waals surface area contributed by atoms with Crippen LogP contribution in [0.2, 0.25) is 0 Å². The van der Waals surface area contributed by atoms with Gasteiger partial charge in [0.25, 0.3) is 5.91 Å². The molecular formula is C23H29N3O3. The van der Waals surface area contributed by atoms with E-state index in [2.05, 4.69) is 9.88 Å². The van der Waals surface area contributed by atoms with Crippen LogP contribution in [-0.4, -0.2) is 55.2 Å². The highest BCUT2D eigenvalue weighted by atomic mass is 16.5. The van der Waals surface area contributed by atoms with Crippen LogP contribution in [0.15, 0.2) is 42.6 Å². The number of methoxy groups -OCH3 is 1. The zero-order valence-corrected chi connectivity index (χ0v) is 17.0. The number of benzene rings is 1. The molecule has 6 nitrogen and oxygen atoms in total. The molecule has 1 aromatic heterocycles. The van der Waals surface area contributed by atoms with Crippen LogP contribution in [-0.2, 0) is 11.3 Å². The van der Waals surface area contributed by atoms with Crippen molar-refractivity contribution in [3.63, 3.8) is 0 Å². The summed E-state index contributed by atoms with van der Waals surface area (Å²) >= 11 is 0. The summed E-state index contributed by atoms with van der Waals surface area (Å²) in [6.45, 7) is 3.97. The molecule has 1 atom stereocenters. The molecule has 0 bridgehead atoms. The molecule has 0 spiro atoms. The Morgan fingerprint density at radius 2 is 2.10 bits per heavy atom. The van der Waals surface area contributed by atoms with Gasteiger partial charge in [0, 0.05) is 39.0 Å². The number of anilines is 1. The number of carbonyl (C=O) groups is 1. The molecule has 1 amide bonds. The number of ether oxygens (including phenoxy) is 2. The van der Waals surface area contributed by atoms with Crippen molar-refractivity contribution in [2.24, 2.45) is 0 Å². The molecule has 2 aliphatic heterocycles. The topological polar surface area (TPSA) is 54.9 Å². The van der Waals surface area contributed by atoms with Gasteiger partial charge in [-0.3, -0.25) is 4.79 Å². The summed E-state index contributed by atoms with van der Waals surface area (Å²) in [7, 11) is 1.65. The monoisotopic (exact) mass is 395 g/mol. The predicted molar refractivity (Wildman–Crippen MR) is 112 cm³/mol. The van der Waals surface area contributed by atoms with Crippen LogP contribution in [0.25, 0.3) is 0 Å². The lowest BCUT2D eigenvalue weighted by Gasteiger charge is -2.26. The van der Waals surface area contributed by atoms with Crippen molar-refractivity contribution in [2.75, 3.05) is 38.3 Å². The summed E-state index contributed by atoms with van der Waals surface area (Å²) in [4.78, 5) is 22.0. The maximum absolute atomic E-state index is 13.3. The Bertz CT molecular complexity index is 812. The first-order valence-electron chi connectivity index (χ1n) is 10.5. The van der Waals surface area contributed by atoms with Gasteiger partial charge < -0.3 is 19.3 Å². The van der Waals surface area contributed by atoms with Crippen molar-refractivity contribution in [3.8, 4) is 5.75 Å². The first kappa shape index (κ1) is 19.7. The molecule has 2 fully saturated rings. The number of nitrogens with zero attached hydrogens (tertiary/aromatic N) is 3. The summed E-state index contributed by atoms with van der Waals surface area (Å²) in [5.41, 5.74) is 1.66. The number of aromatic nitrogens is 1. The molecule has 3 heterocycles. The lowest BCUT2D eigenvalue weighted by atomic mass is 10.1. The highest BCUT2D eigenvalue weighted by Crippen LogP contribution is 2.21.